The second-order valence-corrected chi connectivity index (χ2v) is 10.1. The molecule has 0 unspecified atom stereocenters. The van der Waals surface area contributed by atoms with Gasteiger partial charge in [0.15, 0.2) is 23.8 Å². The topological polar surface area (TPSA) is 21.5 Å². The first-order valence-electron chi connectivity index (χ1n) is 14.6. The molecule has 0 aromatic heterocycles. The van der Waals surface area contributed by atoms with Crippen molar-refractivity contribution in [2.24, 2.45) is 0 Å². The molecule has 3 nitrogen and oxygen atoms in total. The normalized spacial score (nSPS) is 13.1. The fourth-order valence-corrected chi connectivity index (χ4v) is 5.22. The van der Waals surface area contributed by atoms with Gasteiger partial charge >= 0.3 is 0 Å². The molecule has 1 heterocycles. The summed E-state index contributed by atoms with van der Waals surface area (Å²) in [5.41, 5.74) is 3.61. The van der Waals surface area contributed by atoms with Crippen molar-refractivity contribution < 1.29 is 22.8 Å². The van der Waals surface area contributed by atoms with Gasteiger partial charge in [-0.1, -0.05) is 71.3 Å². The summed E-state index contributed by atoms with van der Waals surface area (Å²) in [5, 5.41) is 0. The number of ether oxygens (including phenoxy) is 2. The molecular formula is C32H46F2NO2+. The molecule has 2 aromatic carbocycles. The summed E-state index contributed by atoms with van der Waals surface area (Å²) in [4.78, 5) is 0. The maximum Gasteiger partial charge on any atom is 0.184 e. The average Bonchev–Trinajstić information content (AvgIpc) is 2.89. The Labute approximate surface area is 222 Å². The summed E-state index contributed by atoms with van der Waals surface area (Å²) < 4.78 is 43.6. The molecule has 0 radical (unpaired) electrons. The predicted octanol–water partition coefficient (Wildman–Crippen LogP) is 8.63. The molecular weight excluding hydrogens is 468 g/mol. The lowest BCUT2D eigenvalue weighted by Crippen LogP contribution is -2.31. The first-order chi connectivity index (χ1) is 18.1. The zero-order valence-corrected chi connectivity index (χ0v) is 23.2. The Morgan fingerprint density at radius 3 is 2.16 bits per heavy atom. The van der Waals surface area contributed by atoms with E-state index in [1.54, 1.807) is 0 Å². The lowest BCUT2D eigenvalue weighted by atomic mass is 9.92. The highest BCUT2D eigenvalue weighted by atomic mass is 19.1. The molecule has 5 heteroatoms. The molecule has 0 N–H and O–H groups in total. The van der Waals surface area contributed by atoms with Crippen LogP contribution in [0, 0.1) is 11.6 Å². The number of hydrogen-bond acceptors (Lipinski definition) is 2. The number of rotatable bonds is 17. The van der Waals surface area contributed by atoms with Gasteiger partial charge in [0.1, 0.15) is 18.2 Å². The average molecular weight is 515 g/mol. The van der Waals surface area contributed by atoms with Crippen LogP contribution in [0.1, 0.15) is 108 Å². The second kappa shape index (κ2) is 15.7. The fraction of sp³-hybridized carbons (Fsp3) is 0.594. The van der Waals surface area contributed by atoms with Crippen molar-refractivity contribution >= 4 is 5.71 Å². The van der Waals surface area contributed by atoms with Crippen molar-refractivity contribution in [2.75, 3.05) is 19.8 Å². The lowest BCUT2D eigenvalue weighted by Gasteiger charge is -2.23. The Bertz CT molecular complexity index is 998. The minimum absolute atomic E-state index is 0.141. The number of fused-ring (bicyclic) bond motifs is 1. The van der Waals surface area contributed by atoms with Crippen LogP contribution in [-0.2, 0) is 13.0 Å². The SMILES string of the molecule is CCCCCCCCOc1c(OCC)ccc2c1CC[N+](Cc1c(F)cccc1F)=C2CCCCCC. The molecule has 204 valence electrons. The standard InChI is InChI=1S/C32H46F2NO2/c1-4-7-9-11-12-14-23-37-32-26-21-22-35(24-27-28(33)16-15-17-29(27)34)30(18-13-10-8-5-2)25(26)19-20-31(32)36-6-3/h15-17,19-20H,4-14,18,21-24H2,1-3H3/q+1. The highest BCUT2D eigenvalue weighted by Gasteiger charge is 2.31. The maximum absolute atomic E-state index is 14.5. The highest BCUT2D eigenvalue weighted by molar-refractivity contribution is 5.99. The minimum Gasteiger partial charge on any atom is -0.490 e. The van der Waals surface area contributed by atoms with Gasteiger partial charge in [-0.3, -0.25) is 0 Å². The van der Waals surface area contributed by atoms with Gasteiger partial charge in [-0.05, 0) is 44.0 Å². The van der Waals surface area contributed by atoms with Crippen LogP contribution < -0.4 is 9.47 Å². The number of benzene rings is 2. The Balaban J connectivity index is 1.89. The number of hydrogen-bond donors (Lipinski definition) is 0. The summed E-state index contributed by atoms with van der Waals surface area (Å²) in [6.45, 7) is 8.64. The van der Waals surface area contributed by atoms with Crippen LogP contribution >= 0.6 is 0 Å². The van der Waals surface area contributed by atoms with Crippen LogP contribution in [-0.4, -0.2) is 30.0 Å². The van der Waals surface area contributed by atoms with E-state index in [9.17, 15) is 8.78 Å². The van der Waals surface area contributed by atoms with Crippen LogP contribution in [0.3, 0.4) is 0 Å². The third-order valence-corrected chi connectivity index (χ3v) is 7.27. The van der Waals surface area contributed by atoms with E-state index in [0.29, 0.717) is 19.8 Å². The molecule has 0 saturated carbocycles. The van der Waals surface area contributed by atoms with Crippen LogP contribution in [0.25, 0.3) is 0 Å². The third-order valence-electron chi connectivity index (χ3n) is 7.27. The summed E-state index contributed by atoms with van der Waals surface area (Å²) >= 11 is 0. The van der Waals surface area contributed by atoms with Crippen LogP contribution in [0.5, 0.6) is 11.5 Å². The van der Waals surface area contributed by atoms with Crippen molar-refractivity contribution in [1.82, 2.24) is 0 Å². The van der Waals surface area contributed by atoms with E-state index >= 15 is 0 Å². The molecule has 0 fully saturated rings. The van der Waals surface area contributed by atoms with E-state index in [2.05, 4.69) is 24.5 Å². The molecule has 0 amide bonds. The quantitative estimate of drug-likeness (QED) is 0.156. The van der Waals surface area contributed by atoms with Gasteiger partial charge in [0.25, 0.3) is 0 Å². The molecule has 0 saturated heterocycles. The molecule has 2 aromatic rings. The van der Waals surface area contributed by atoms with E-state index in [-0.39, 0.29) is 12.1 Å². The number of nitrogens with zero attached hydrogens (tertiary/aromatic N) is 1. The summed E-state index contributed by atoms with van der Waals surface area (Å²) in [6, 6.07) is 8.26. The molecule has 0 atom stereocenters. The van der Waals surface area contributed by atoms with Crippen molar-refractivity contribution in [1.29, 1.82) is 0 Å². The molecule has 0 aliphatic carbocycles. The number of unbranched alkanes of at least 4 members (excludes halogenated alkanes) is 8. The molecule has 1 aliphatic heterocycles. The molecule has 37 heavy (non-hydrogen) atoms. The first-order valence-corrected chi connectivity index (χ1v) is 14.6. The summed E-state index contributed by atoms with van der Waals surface area (Å²) in [7, 11) is 0. The first kappa shape index (κ1) is 29.1. The van der Waals surface area contributed by atoms with Crippen LogP contribution in [0.15, 0.2) is 30.3 Å². The smallest absolute Gasteiger partial charge is 0.184 e. The van der Waals surface area contributed by atoms with E-state index in [0.717, 1.165) is 54.9 Å². The maximum atomic E-state index is 14.5. The Kier molecular flexibility index (Phi) is 12.4. The van der Waals surface area contributed by atoms with E-state index in [4.69, 9.17) is 9.47 Å². The van der Waals surface area contributed by atoms with Gasteiger partial charge in [0, 0.05) is 24.0 Å². The van der Waals surface area contributed by atoms with E-state index < -0.39 is 11.6 Å². The van der Waals surface area contributed by atoms with Gasteiger partial charge in [-0.25, -0.2) is 13.4 Å². The lowest BCUT2D eigenvalue weighted by molar-refractivity contribution is -0.546. The van der Waals surface area contributed by atoms with Crippen LogP contribution in [0.4, 0.5) is 8.78 Å². The van der Waals surface area contributed by atoms with Gasteiger partial charge in [-0.15, -0.1) is 0 Å². The predicted molar refractivity (Wildman–Crippen MR) is 148 cm³/mol. The Hall–Kier alpha value is -2.43. The zero-order chi connectivity index (χ0) is 26.5. The van der Waals surface area contributed by atoms with Gasteiger partial charge in [0.2, 0.25) is 0 Å². The largest absolute Gasteiger partial charge is 0.490 e. The molecule has 0 spiro atoms. The van der Waals surface area contributed by atoms with E-state index in [1.807, 2.05) is 13.0 Å². The van der Waals surface area contributed by atoms with Crippen molar-refractivity contribution in [3.05, 3.63) is 58.7 Å². The van der Waals surface area contributed by atoms with Crippen molar-refractivity contribution in [3.8, 4) is 11.5 Å². The van der Waals surface area contributed by atoms with E-state index in [1.165, 1.54) is 68.7 Å². The summed E-state index contributed by atoms with van der Waals surface area (Å²) in [6.07, 6.45) is 13.5. The Morgan fingerprint density at radius 1 is 0.784 bits per heavy atom. The third kappa shape index (κ3) is 8.28. The van der Waals surface area contributed by atoms with Gasteiger partial charge < -0.3 is 9.47 Å². The number of halogens is 2. The van der Waals surface area contributed by atoms with Crippen molar-refractivity contribution in [3.63, 3.8) is 0 Å². The second-order valence-electron chi connectivity index (χ2n) is 10.1. The van der Waals surface area contributed by atoms with Gasteiger partial charge in [-0.2, -0.15) is 0 Å². The minimum atomic E-state index is -0.481. The summed E-state index contributed by atoms with van der Waals surface area (Å²) in [5.74, 6) is 0.693. The Morgan fingerprint density at radius 2 is 1.46 bits per heavy atom. The van der Waals surface area contributed by atoms with Crippen molar-refractivity contribution in [2.45, 2.75) is 104 Å². The zero-order valence-electron chi connectivity index (χ0n) is 23.2. The highest BCUT2D eigenvalue weighted by Crippen LogP contribution is 2.37. The van der Waals surface area contributed by atoms with Gasteiger partial charge in [0.05, 0.1) is 18.8 Å². The monoisotopic (exact) mass is 514 g/mol. The van der Waals surface area contributed by atoms with Crippen LogP contribution in [0.2, 0.25) is 0 Å². The molecule has 1 aliphatic rings. The molecule has 3 rings (SSSR count). The fourth-order valence-electron chi connectivity index (χ4n) is 5.22. The molecule has 0 bridgehead atoms.